The average Bonchev–Trinajstić information content (AvgIpc) is 3.05. The number of thioether (sulfide) groups is 1. The van der Waals surface area contributed by atoms with E-state index in [9.17, 15) is 0 Å². The van der Waals surface area contributed by atoms with Gasteiger partial charge in [0.05, 0.1) is 23.3 Å². The predicted octanol–water partition coefficient (Wildman–Crippen LogP) is 2.77. The van der Waals surface area contributed by atoms with Crippen LogP contribution in [0.5, 0.6) is 0 Å². The highest BCUT2D eigenvalue weighted by molar-refractivity contribution is 7.99. The second kappa shape index (κ2) is 8.09. The van der Waals surface area contributed by atoms with Gasteiger partial charge in [-0.25, -0.2) is 0 Å². The van der Waals surface area contributed by atoms with Gasteiger partial charge in [0, 0.05) is 28.6 Å². The van der Waals surface area contributed by atoms with Crippen LogP contribution in [0, 0.1) is 6.92 Å². The molecule has 2 aromatic heterocycles. The lowest BCUT2D eigenvalue weighted by Gasteiger charge is -2.10. The first-order valence-corrected chi connectivity index (χ1v) is 9.28. The van der Waals surface area contributed by atoms with Gasteiger partial charge in [-0.05, 0) is 32.6 Å². The molecule has 0 amide bonds. The zero-order chi connectivity index (χ0) is 15.2. The van der Waals surface area contributed by atoms with E-state index in [4.69, 9.17) is 5.73 Å². The van der Waals surface area contributed by atoms with E-state index in [1.54, 1.807) is 18.0 Å². The molecule has 116 valence electrons. The van der Waals surface area contributed by atoms with Gasteiger partial charge in [0.1, 0.15) is 0 Å². The summed E-state index contributed by atoms with van der Waals surface area (Å²) < 4.78 is 8.06. The molecule has 0 aromatic carbocycles. The largest absolute Gasteiger partial charge is 0.367 e. The van der Waals surface area contributed by atoms with E-state index in [-0.39, 0.29) is 5.37 Å². The van der Waals surface area contributed by atoms with E-state index in [0.29, 0.717) is 0 Å². The lowest BCUT2D eigenvalue weighted by molar-refractivity contribution is 0.405. The van der Waals surface area contributed by atoms with Crippen molar-refractivity contribution in [3.8, 4) is 0 Å². The summed E-state index contributed by atoms with van der Waals surface area (Å²) in [6, 6.07) is 2.22. The van der Waals surface area contributed by atoms with Crippen LogP contribution in [0.15, 0.2) is 12.3 Å². The standard InChI is InChI=1S/C13H21N5S3/c1-9-6-10(20-11(9)8-18(2)3)13(14)19-5-4-15-12-7-16-21-17-12/h6-7,13H,4-5,8,14H2,1-3H3,(H,15,17). The highest BCUT2D eigenvalue weighted by atomic mass is 32.2. The third-order valence-electron chi connectivity index (χ3n) is 2.85. The van der Waals surface area contributed by atoms with E-state index in [1.165, 1.54) is 27.0 Å². The summed E-state index contributed by atoms with van der Waals surface area (Å²) in [5.74, 6) is 1.79. The fourth-order valence-corrected chi connectivity index (χ4v) is 4.45. The van der Waals surface area contributed by atoms with Crippen molar-refractivity contribution >= 4 is 40.6 Å². The zero-order valence-corrected chi connectivity index (χ0v) is 14.9. The van der Waals surface area contributed by atoms with Crippen molar-refractivity contribution in [2.45, 2.75) is 18.8 Å². The first kappa shape index (κ1) is 16.7. The maximum atomic E-state index is 6.27. The molecule has 3 N–H and O–H groups in total. The topological polar surface area (TPSA) is 67.1 Å². The number of aryl methyl sites for hydroxylation is 1. The van der Waals surface area contributed by atoms with Crippen molar-refractivity contribution in [2.24, 2.45) is 5.73 Å². The Labute approximate surface area is 138 Å². The van der Waals surface area contributed by atoms with Crippen molar-refractivity contribution in [2.75, 3.05) is 31.7 Å². The summed E-state index contributed by atoms with van der Waals surface area (Å²) in [6.45, 7) is 3.98. The molecule has 0 aliphatic rings. The number of anilines is 1. The minimum atomic E-state index is 0.0416. The minimum Gasteiger partial charge on any atom is -0.367 e. The molecule has 2 heterocycles. The van der Waals surface area contributed by atoms with Gasteiger partial charge in [0.15, 0.2) is 5.82 Å². The summed E-state index contributed by atoms with van der Waals surface area (Å²) in [7, 11) is 4.18. The third kappa shape index (κ3) is 5.23. The Bertz CT molecular complexity index is 538. The highest BCUT2D eigenvalue weighted by Gasteiger charge is 2.13. The highest BCUT2D eigenvalue weighted by Crippen LogP contribution is 2.32. The summed E-state index contributed by atoms with van der Waals surface area (Å²) in [4.78, 5) is 4.84. The second-order valence-electron chi connectivity index (χ2n) is 5.00. The van der Waals surface area contributed by atoms with Gasteiger partial charge >= 0.3 is 0 Å². The molecule has 1 unspecified atom stereocenters. The number of nitrogens with zero attached hydrogens (tertiary/aromatic N) is 3. The number of thiophene rings is 1. The van der Waals surface area contributed by atoms with E-state index < -0.39 is 0 Å². The number of rotatable bonds is 8. The summed E-state index contributed by atoms with van der Waals surface area (Å²) in [5.41, 5.74) is 7.61. The van der Waals surface area contributed by atoms with E-state index >= 15 is 0 Å². The zero-order valence-electron chi connectivity index (χ0n) is 12.5. The van der Waals surface area contributed by atoms with Crippen molar-refractivity contribution in [1.29, 1.82) is 0 Å². The molecule has 2 aromatic rings. The van der Waals surface area contributed by atoms with Crippen LogP contribution in [0.1, 0.15) is 20.7 Å². The van der Waals surface area contributed by atoms with Crippen LogP contribution in [0.3, 0.4) is 0 Å². The lowest BCUT2D eigenvalue weighted by Crippen LogP contribution is -2.10. The normalized spacial score (nSPS) is 12.8. The molecule has 0 aliphatic heterocycles. The van der Waals surface area contributed by atoms with Gasteiger partial charge in [-0.3, -0.25) is 0 Å². The molecule has 8 heteroatoms. The molecule has 2 rings (SSSR count). The van der Waals surface area contributed by atoms with Crippen LogP contribution in [0.2, 0.25) is 0 Å². The van der Waals surface area contributed by atoms with Crippen LogP contribution in [-0.2, 0) is 6.54 Å². The predicted molar refractivity (Wildman–Crippen MR) is 94.2 cm³/mol. The third-order valence-corrected chi connectivity index (χ3v) is 5.83. The fraction of sp³-hybridized carbons (Fsp3) is 0.538. The smallest absolute Gasteiger partial charge is 0.160 e. The van der Waals surface area contributed by atoms with Crippen LogP contribution >= 0.6 is 34.8 Å². The molecule has 0 spiro atoms. The average molecular weight is 344 g/mol. The number of hydrogen-bond acceptors (Lipinski definition) is 8. The van der Waals surface area contributed by atoms with Crippen LogP contribution in [-0.4, -0.2) is 40.0 Å². The van der Waals surface area contributed by atoms with Gasteiger partial charge in [-0.2, -0.15) is 8.75 Å². The molecule has 0 saturated carbocycles. The van der Waals surface area contributed by atoms with E-state index in [2.05, 4.69) is 46.0 Å². The molecule has 0 bridgehead atoms. The monoisotopic (exact) mass is 343 g/mol. The van der Waals surface area contributed by atoms with Crippen LogP contribution in [0.4, 0.5) is 5.82 Å². The van der Waals surface area contributed by atoms with Crippen molar-refractivity contribution in [1.82, 2.24) is 13.6 Å². The fourth-order valence-electron chi connectivity index (χ4n) is 1.82. The first-order chi connectivity index (χ1) is 10.1. The Morgan fingerprint density at radius 3 is 2.95 bits per heavy atom. The number of nitrogens with two attached hydrogens (primary N) is 1. The maximum Gasteiger partial charge on any atom is 0.160 e. The molecule has 0 saturated heterocycles. The Kier molecular flexibility index (Phi) is 6.43. The maximum absolute atomic E-state index is 6.27. The Morgan fingerprint density at radius 2 is 2.29 bits per heavy atom. The molecule has 21 heavy (non-hydrogen) atoms. The van der Waals surface area contributed by atoms with Gasteiger partial charge in [0.2, 0.25) is 0 Å². The molecule has 5 nitrogen and oxygen atoms in total. The minimum absolute atomic E-state index is 0.0416. The Balaban J connectivity index is 1.78. The molecule has 0 fully saturated rings. The van der Waals surface area contributed by atoms with Crippen LogP contribution in [0.25, 0.3) is 0 Å². The molecular formula is C13H21N5S3. The SMILES string of the molecule is Cc1cc(C(N)SCCNc2cnsn2)sc1CN(C)C. The van der Waals surface area contributed by atoms with Crippen LogP contribution < -0.4 is 11.1 Å². The Hall–Kier alpha value is -0.670. The van der Waals surface area contributed by atoms with Gasteiger partial charge < -0.3 is 16.0 Å². The molecular weight excluding hydrogens is 322 g/mol. The summed E-state index contributed by atoms with van der Waals surface area (Å²) >= 11 is 4.80. The Morgan fingerprint density at radius 1 is 1.48 bits per heavy atom. The molecule has 0 aliphatic carbocycles. The number of aromatic nitrogens is 2. The first-order valence-electron chi connectivity index (χ1n) is 6.69. The second-order valence-corrected chi connectivity index (χ2v) is 7.98. The van der Waals surface area contributed by atoms with Crippen molar-refractivity contribution < 1.29 is 0 Å². The lowest BCUT2D eigenvalue weighted by atomic mass is 10.2. The van der Waals surface area contributed by atoms with Gasteiger partial charge in [-0.1, -0.05) is 0 Å². The number of nitrogens with one attached hydrogen (secondary N) is 1. The van der Waals surface area contributed by atoms with E-state index in [0.717, 1.165) is 24.7 Å². The quantitative estimate of drug-likeness (QED) is 0.567. The van der Waals surface area contributed by atoms with Crippen molar-refractivity contribution in [3.05, 3.63) is 27.6 Å². The summed E-state index contributed by atoms with van der Waals surface area (Å²) in [6.07, 6.45) is 1.74. The summed E-state index contributed by atoms with van der Waals surface area (Å²) in [5, 5.41) is 3.27. The number of hydrogen-bond donors (Lipinski definition) is 2. The van der Waals surface area contributed by atoms with Crippen molar-refractivity contribution in [3.63, 3.8) is 0 Å². The van der Waals surface area contributed by atoms with E-state index in [1.807, 2.05) is 11.3 Å². The van der Waals surface area contributed by atoms with Gasteiger partial charge in [-0.15, -0.1) is 23.1 Å². The molecule has 1 atom stereocenters. The van der Waals surface area contributed by atoms with Gasteiger partial charge in [0.25, 0.3) is 0 Å². The molecule has 0 radical (unpaired) electrons.